The Morgan fingerprint density at radius 3 is 2.46 bits per heavy atom. The molecule has 0 fully saturated rings. The van der Waals surface area contributed by atoms with Gasteiger partial charge in [-0.25, -0.2) is 0 Å². The number of halogens is 1. The predicted octanol–water partition coefficient (Wildman–Crippen LogP) is 1.55. The third-order valence-electron chi connectivity index (χ3n) is 1.26. The average molecular weight is 204 g/mol. The molecular formula is C6H6ClN3O3. The maximum absolute atomic E-state index is 10.3. The van der Waals surface area contributed by atoms with Crippen molar-refractivity contribution in [2.45, 2.75) is 0 Å². The molecule has 0 bridgehead atoms. The lowest BCUT2D eigenvalue weighted by Gasteiger charge is -2.03. The van der Waals surface area contributed by atoms with Crippen LogP contribution in [-0.4, -0.2) is 24.2 Å². The van der Waals surface area contributed by atoms with Gasteiger partial charge < -0.3 is 9.47 Å². The second-order valence-electron chi connectivity index (χ2n) is 1.95. The Morgan fingerprint density at radius 2 is 2.00 bits per heavy atom. The van der Waals surface area contributed by atoms with E-state index in [0.717, 1.165) is 0 Å². The van der Waals surface area contributed by atoms with Crippen molar-refractivity contribution < 1.29 is 9.47 Å². The van der Waals surface area contributed by atoms with E-state index in [1.807, 2.05) is 0 Å². The fraction of sp³-hybridized carbons (Fsp3) is 0.333. The molecule has 0 aromatic carbocycles. The number of rotatable bonds is 3. The molecule has 0 amide bonds. The molecule has 0 spiro atoms. The highest BCUT2D eigenvalue weighted by molar-refractivity contribution is 6.32. The number of aromatic nitrogens is 2. The summed E-state index contributed by atoms with van der Waals surface area (Å²) in [6.07, 6.45) is 0. The zero-order valence-corrected chi connectivity index (χ0v) is 7.70. The van der Waals surface area contributed by atoms with Gasteiger partial charge in [-0.2, -0.15) is 9.97 Å². The van der Waals surface area contributed by atoms with Gasteiger partial charge in [0.15, 0.2) is 5.15 Å². The summed E-state index contributed by atoms with van der Waals surface area (Å²) in [4.78, 5) is 17.6. The SMILES string of the molecule is COc1nc(Cl)c(N=O)c(OC)n1. The van der Waals surface area contributed by atoms with Crippen molar-refractivity contribution in [2.24, 2.45) is 5.18 Å². The lowest BCUT2D eigenvalue weighted by Crippen LogP contribution is -1.96. The number of hydrogen-bond donors (Lipinski definition) is 0. The smallest absolute Gasteiger partial charge is 0.321 e. The van der Waals surface area contributed by atoms with E-state index in [4.69, 9.17) is 21.1 Å². The first-order valence-electron chi connectivity index (χ1n) is 3.21. The lowest BCUT2D eigenvalue weighted by atomic mass is 10.5. The highest BCUT2D eigenvalue weighted by Gasteiger charge is 2.14. The number of ether oxygens (including phenoxy) is 2. The fourth-order valence-electron chi connectivity index (χ4n) is 0.700. The molecule has 70 valence electrons. The van der Waals surface area contributed by atoms with Crippen molar-refractivity contribution >= 4 is 17.3 Å². The summed E-state index contributed by atoms with van der Waals surface area (Å²) in [5.74, 6) is -0.00755. The van der Waals surface area contributed by atoms with Crippen molar-refractivity contribution in [1.82, 2.24) is 9.97 Å². The standard InChI is InChI=1S/C6H6ClN3O3/c1-12-5-3(10-11)4(7)8-6(9-5)13-2/h1-2H3. The number of nitrogens with zero attached hydrogens (tertiary/aromatic N) is 3. The zero-order chi connectivity index (χ0) is 9.84. The Bertz CT molecular complexity index is 331. The highest BCUT2D eigenvalue weighted by atomic mass is 35.5. The zero-order valence-electron chi connectivity index (χ0n) is 6.94. The topological polar surface area (TPSA) is 73.7 Å². The van der Waals surface area contributed by atoms with Crippen molar-refractivity contribution in [2.75, 3.05) is 14.2 Å². The predicted molar refractivity (Wildman–Crippen MR) is 45.6 cm³/mol. The molecule has 0 saturated heterocycles. The van der Waals surface area contributed by atoms with Crippen LogP contribution >= 0.6 is 11.6 Å². The first-order valence-corrected chi connectivity index (χ1v) is 3.59. The van der Waals surface area contributed by atoms with Crippen LogP contribution in [0, 0.1) is 4.91 Å². The van der Waals surface area contributed by atoms with E-state index in [1.54, 1.807) is 0 Å². The van der Waals surface area contributed by atoms with Crippen LogP contribution in [0.15, 0.2) is 5.18 Å². The van der Waals surface area contributed by atoms with Crippen LogP contribution in [0.4, 0.5) is 5.69 Å². The molecule has 1 rings (SSSR count). The summed E-state index contributed by atoms with van der Waals surface area (Å²) in [7, 11) is 2.71. The van der Waals surface area contributed by atoms with Gasteiger partial charge >= 0.3 is 6.01 Å². The normalized spacial score (nSPS) is 9.46. The van der Waals surface area contributed by atoms with Crippen LogP contribution < -0.4 is 9.47 Å². The van der Waals surface area contributed by atoms with E-state index >= 15 is 0 Å². The molecule has 13 heavy (non-hydrogen) atoms. The van der Waals surface area contributed by atoms with Crippen LogP contribution in [0.5, 0.6) is 11.9 Å². The Hall–Kier alpha value is -1.43. The van der Waals surface area contributed by atoms with E-state index < -0.39 is 0 Å². The van der Waals surface area contributed by atoms with Crippen molar-refractivity contribution in [3.05, 3.63) is 10.1 Å². The Kier molecular flexibility index (Phi) is 2.97. The van der Waals surface area contributed by atoms with Gasteiger partial charge in [0.25, 0.3) is 5.88 Å². The van der Waals surface area contributed by atoms with Crippen LogP contribution in [-0.2, 0) is 0 Å². The second-order valence-corrected chi connectivity index (χ2v) is 2.31. The van der Waals surface area contributed by atoms with Crippen LogP contribution in [0.1, 0.15) is 0 Å². The average Bonchev–Trinajstić information content (AvgIpc) is 2.16. The van der Waals surface area contributed by atoms with Crippen LogP contribution in [0.25, 0.3) is 0 Å². The largest absolute Gasteiger partial charge is 0.479 e. The molecule has 7 heteroatoms. The van der Waals surface area contributed by atoms with Crippen molar-refractivity contribution in [3.8, 4) is 11.9 Å². The minimum absolute atomic E-state index is 0.00755. The molecule has 0 unspecified atom stereocenters. The summed E-state index contributed by atoms with van der Waals surface area (Å²) in [5.41, 5.74) is -0.134. The summed E-state index contributed by atoms with van der Waals surface area (Å²) in [5, 5.41) is 2.53. The Labute approximate surface area is 78.8 Å². The number of methoxy groups -OCH3 is 2. The van der Waals surface area contributed by atoms with Crippen molar-refractivity contribution in [3.63, 3.8) is 0 Å². The molecule has 0 radical (unpaired) electrons. The first kappa shape index (κ1) is 9.66. The van der Waals surface area contributed by atoms with Crippen molar-refractivity contribution in [1.29, 1.82) is 0 Å². The Morgan fingerprint density at radius 1 is 1.31 bits per heavy atom. The summed E-state index contributed by atoms with van der Waals surface area (Å²) >= 11 is 5.59. The summed E-state index contributed by atoms with van der Waals surface area (Å²) in [6, 6.07) is 0.0225. The first-order chi connectivity index (χ1) is 6.22. The van der Waals surface area contributed by atoms with Gasteiger partial charge in [0.05, 0.1) is 14.2 Å². The third kappa shape index (κ3) is 1.83. The van der Waals surface area contributed by atoms with E-state index in [1.165, 1.54) is 14.2 Å². The van der Waals surface area contributed by atoms with Gasteiger partial charge in [0.1, 0.15) is 0 Å². The summed E-state index contributed by atoms with van der Waals surface area (Å²) in [6.45, 7) is 0. The number of hydrogen-bond acceptors (Lipinski definition) is 6. The van der Waals surface area contributed by atoms with E-state index in [9.17, 15) is 4.91 Å². The van der Waals surface area contributed by atoms with Gasteiger partial charge in [-0.15, -0.1) is 4.91 Å². The molecule has 0 aliphatic heterocycles. The monoisotopic (exact) mass is 203 g/mol. The summed E-state index contributed by atoms with van der Waals surface area (Å²) < 4.78 is 9.46. The molecule has 6 nitrogen and oxygen atoms in total. The molecule has 1 heterocycles. The van der Waals surface area contributed by atoms with Crippen LogP contribution in [0.2, 0.25) is 5.15 Å². The highest BCUT2D eigenvalue weighted by Crippen LogP contribution is 2.33. The number of nitroso groups, excluding NO2 is 1. The van der Waals surface area contributed by atoms with Crippen LogP contribution in [0.3, 0.4) is 0 Å². The molecule has 0 aliphatic carbocycles. The van der Waals surface area contributed by atoms with Gasteiger partial charge in [0.2, 0.25) is 5.69 Å². The lowest BCUT2D eigenvalue weighted by molar-refractivity contribution is 0.353. The fourth-order valence-corrected chi connectivity index (χ4v) is 0.888. The van der Waals surface area contributed by atoms with E-state index in [-0.39, 0.29) is 22.7 Å². The maximum Gasteiger partial charge on any atom is 0.321 e. The molecule has 0 aliphatic rings. The van der Waals surface area contributed by atoms with E-state index in [0.29, 0.717) is 0 Å². The second kappa shape index (κ2) is 3.99. The van der Waals surface area contributed by atoms with Gasteiger partial charge in [0, 0.05) is 0 Å². The molecule has 1 aromatic rings. The van der Waals surface area contributed by atoms with Gasteiger partial charge in [-0.05, 0) is 5.18 Å². The molecule has 0 atom stereocenters. The molecule has 0 saturated carbocycles. The van der Waals surface area contributed by atoms with Gasteiger partial charge in [-0.3, -0.25) is 0 Å². The molecular weight excluding hydrogens is 198 g/mol. The molecule has 1 aromatic heterocycles. The minimum atomic E-state index is -0.134. The quantitative estimate of drug-likeness (QED) is 0.550. The van der Waals surface area contributed by atoms with E-state index in [2.05, 4.69) is 15.1 Å². The molecule has 0 N–H and O–H groups in total. The van der Waals surface area contributed by atoms with Gasteiger partial charge in [-0.1, -0.05) is 11.6 Å². The third-order valence-corrected chi connectivity index (χ3v) is 1.52. The Balaban J connectivity index is 3.28. The minimum Gasteiger partial charge on any atom is -0.479 e. The maximum atomic E-state index is 10.3.